The normalized spacial score (nSPS) is 17.3. The standard InChI is InChI=1S/C18H20ClN5O2S/c1-23-9-11(8-20-23)17(25)21-12-4-3-7-24(10-12)18-22-15-14(26-2)6-5-13(19)16(15)27-18/h5-6,8-9,12H,3-4,7,10H2,1-2H3,(H,21,25). The van der Waals surface area contributed by atoms with Crippen LogP contribution in [0.15, 0.2) is 24.5 Å². The van der Waals surface area contributed by atoms with Gasteiger partial charge in [-0.1, -0.05) is 22.9 Å². The van der Waals surface area contributed by atoms with Gasteiger partial charge in [-0.2, -0.15) is 5.10 Å². The van der Waals surface area contributed by atoms with Gasteiger partial charge < -0.3 is 15.0 Å². The summed E-state index contributed by atoms with van der Waals surface area (Å²) in [6.45, 7) is 1.62. The van der Waals surface area contributed by atoms with Crippen molar-refractivity contribution in [2.75, 3.05) is 25.1 Å². The van der Waals surface area contributed by atoms with Gasteiger partial charge >= 0.3 is 0 Å². The largest absolute Gasteiger partial charge is 0.494 e. The number of carbonyl (C=O) groups excluding carboxylic acids is 1. The van der Waals surface area contributed by atoms with E-state index in [0.717, 1.165) is 40.5 Å². The zero-order valence-corrected chi connectivity index (χ0v) is 16.7. The minimum atomic E-state index is -0.0936. The van der Waals surface area contributed by atoms with Gasteiger partial charge in [-0.15, -0.1) is 0 Å². The molecule has 1 aliphatic heterocycles. The quantitative estimate of drug-likeness (QED) is 0.722. The van der Waals surface area contributed by atoms with Crippen LogP contribution in [0, 0.1) is 0 Å². The van der Waals surface area contributed by atoms with E-state index in [1.165, 1.54) is 0 Å². The molecule has 0 saturated carbocycles. The third-order valence-corrected chi connectivity index (χ3v) is 6.24. The van der Waals surface area contributed by atoms with Gasteiger partial charge in [0.25, 0.3) is 5.91 Å². The van der Waals surface area contributed by atoms with Crippen molar-refractivity contribution in [1.82, 2.24) is 20.1 Å². The minimum absolute atomic E-state index is 0.0656. The van der Waals surface area contributed by atoms with E-state index in [1.54, 1.807) is 42.6 Å². The van der Waals surface area contributed by atoms with E-state index < -0.39 is 0 Å². The number of benzene rings is 1. The number of halogens is 1. The van der Waals surface area contributed by atoms with Gasteiger partial charge in [0.2, 0.25) is 0 Å². The average molecular weight is 406 g/mol. The fourth-order valence-electron chi connectivity index (χ4n) is 3.32. The lowest BCUT2D eigenvalue weighted by Crippen LogP contribution is -2.47. The molecule has 7 nitrogen and oxygen atoms in total. The number of rotatable bonds is 4. The lowest BCUT2D eigenvalue weighted by atomic mass is 10.1. The molecule has 1 aromatic carbocycles. The number of nitrogens with zero attached hydrogens (tertiary/aromatic N) is 4. The van der Waals surface area contributed by atoms with Crippen LogP contribution in [-0.2, 0) is 7.05 Å². The number of ether oxygens (including phenoxy) is 1. The summed E-state index contributed by atoms with van der Waals surface area (Å²) in [5.74, 6) is 0.624. The maximum absolute atomic E-state index is 12.4. The number of fused-ring (bicyclic) bond motifs is 1. The summed E-state index contributed by atoms with van der Waals surface area (Å²) in [5.41, 5.74) is 1.36. The number of anilines is 1. The van der Waals surface area contributed by atoms with Crippen molar-refractivity contribution in [3.05, 3.63) is 35.1 Å². The molecule has 0 bridgehead atoms. The van der Waals surface area contributed by atoms with Crippen LogP contribution in [0.5, 0.6) is 5.75 Å². The molecule has 0 aliphatic carbocycles. The Morgan fingerprint density at radius 1 is 1.44 bits per heavy atom. The summed E-state index contributed by atoms with van der Waals surface area (Å²) in [6, 6.07) is 3.73. The molecule has 27 heavy (non-hydrogen) atoms. The zero-order valence-electron chi connectivity index (χ0n) is 15.1. The van der Waals surface area contributed by atoms with Gasteiger partial charge in [0.1, 0.15) is 11.3 Å². The number of carbonyl (C=O) groups is 1. The van der Waals surface area contributed by atoms with E-state index in [9.17, 15) is 4.79 Å². The number of aromatic nitrogens is 3. The number of thiazole rings is 1. The number of amides is 1. The summed E-state index contributed by atoms with van der Waals surface area (Å²) in [4.78, 5) is 19.4. The fraction of sp³-hybridized carbons (Fsp3) is 0.389. The summed E-state index contributed by atoms with van der Waals surface area (Å²) in [6.07, 6.45) is 5.23. The second-order valence-corrected chi connectivity index (χ2v) is 7.97. The molecular formula is C18H20ClN5O2S. The van der Waals surface area contributed by atoms with Crippen molar-refractivity contribution >= 4 is 44.2 Å². The predicted octanol–water partition coefficient (Wildman–Crippen LogP) is 3.09. The van der Waals surface area contributed by atoms with Gasteiger partial charge in [-0.05, 0) is 25.0 Å². The van der Waals surface area contributed by atoms with Gasteiger partial charge in [-0.25, -0.2) is 4.98 Å². The molecule has 3 heterocycles. The highest BCUT2D eigenvalue weighted by molar-refractivity contribution is 7.22. The summed E-state index contributed by atoms with van der Waals surface area (Å²) < 4.78 is 7.96. The topological polar surface area (TPSA) is 72.3 Å². The third-order valence-electron chi connectivity index (χ3n) is 4.66. The van der Waals surface area contributed by atoms with Crippen LogP contribution in [-0.4, -0.2) is 46.9 Å². The maximum Gasteiger partial charge on any atom is 0.254 e. The van der Waals surface area contributed by atoms with Crippen LogP contribution >= 0.6 is 22.9 Å². The Balaban J connectivity index is 1.52. The molecule has 1 N–H and O–H groups in total. The Morgan fingerprint density at radius 3 is 3.04 bits per heavy atom. The second-order valence-electron chi connectivity index (χ2n) is 6.59. The van der Waals surface area contributed by atoms with Crippen LogP contribution in [0.1, 0.15) is 23.2 Å². The fourth-order valence-corrected chi connectivity index (χ4v) is 4.61. The predicted molar refractivity (Wildman–Crippen MR) is 107 cm³/mol. The molecule has 1 unspecified atom stereocenters. The Hall–Kier alpha value is -2.32. The Morgan fingerprint density at radius 2 is 2.30 bits per heavy atom. The van der Waals surface area contributed by atoms with Crippen LogP contribution in [0.3, 0.4) is 0 Å². The van der Waals surface area contributed by atoms with E-state index in [0.29, 0.717) is 17.1 Å². The molecule has 4 rings (SSSR count). The number of hydrogen-bond donors (Lipinski definition) is 1. The summed E-state index contributed by atoms with van der Waals surface area (Å²) in [5, 5.41) is 8.74. The van der Waals surface area contributed by atoms with Crippen LogP contribution < -0.4 is 15.0 Å². The van der Waals surface area contributed by atoms with E-state index >= 15 is 0 Å². The first-order valence-electron chi connectivity index (χ1n) is 8.72. The molecule has 1 aliphatic rings. The molecule has 1 saturated heterocycles. The van der Waals surface area contributed by atoms with Crippen molar-refractivity contribution in [1.29, 1.82) is 0 Å². The van der Waals surface area contributed by atoms with E-state index in [2.05, 4.69) is 15.3 Å². The number of aryl methyl sites for hydroxylation is 1. The monoisotopic (exact) mass is 405 g/mol. The molecular weight excluding hydrogens is 386 g/mol. The van der Waals surface area contributed by atoms with Gasteiger partial charge in [0, 0.05) is 32.4 Å². The molecule has 1 fully saturated rings. The number of piperidine rings is 1. The Bertz CT molecular complexity index is 985. The second kappa shape index (κ2) is 7.36. The molecule has 0 radical (unpaired) electrons. The third kappa shape index (κ3) is 3.59. The Labute approximate surface area is 165 Å². The highest BCUT2D eigenvalue weighted by Crippen LogP contribution is 2.39. The SMILES string of the molecule is COc1ccc(Cl)c2sc(N3CCCC(NC(=O)c4cnn(C)c4)C3)nc12. The first kappa shape index (κ1) is 18.1. The molecule has 0 spiro atoms. The van der Waals surface area contributed by atoms with Gasteiger partial charge in [0.15, 0.2) is 5.13 Å². The van der Waals surface area contributed by atoms with Crippen molar-refractivity contribution in [3.63, 3.8) is 0 Å². The van der Waals surface area contributed by atoms with E-state index in [4.69, 9.17) is 21.3 Å². The van der Waals surface area contributed by atoms with E-state index in [1.807, 2.05) is 12.1 Å². The van der Waals surface area contributed by atoms with Crippen LogP contribution in [0.4, 0.5) is 5.13 Å². The molecule has 9 heteroatoms. The maximum atomic E-state index is 12.4. The van der Waals surface area contributed by atoms with Gasteiger partial charge in [-0.3, -0.25) is 9.48 Å². The lowest BCUT2D eigenvalue weighted by molar-refractivity contribution is 0.0933. The minimum Gasteiger partial charge on any atom is -0.494 e. The zero-order chi connectivity index (χ0) is 19.0. The number of hydrogen-bond acceptors (Lipinski definition) is 6. The smallest absolute Gasteiger partial charge is 0.254 e. The van der Waals surface area contributed by atoms with Crippen molar-refractivity contribution in [2.24, 2.45) is 7.05 Å². The van der Waals surface area contributed by atoms with E-state index in [-0.39, 0.29) is 11.9 Å². The van der Waals surface area contributed by atoms with Crippen molar-refractivity contribution in [3.8, 4) is 5.75 Å². The average Bonchev–Trinajstić information content (AvgIpc) is 3.30. The van der Waals surface area contributed by atoms with Crippen molar-refractivity contribution in [2.45, 2.75) is 18.9 Å². The molecule has 2 aromatic heterocycles. The number of nitrogens with one attached hydrogen (secondary N) is 1. The van der Waals surface area contributed by atoms with Crippen molar-refractivity contribution < 1.29 is 9.53 Å². The first-order valence-corrected chi connectivity index (χ1v) is 9.92. The highest BCUT2D eigenvalue weighted by atomic mass is 35.5. The highest BCUT2D eigenvalue weighted by Gasteiger charge is 2.25. The van der Waals surface area contributed by atoms with Crippen LogP contribution in [0.25, 0.3) is 10.2 Å². The van der Waals surface area contributed by atoms with Crippen LogP contribution in [0.2, 0.25) is 5.02 Å². The lowest BCUT2D eigenvalue weighted by Gasteiger charge is -2.32. The summed E-state index contributed by atoms with van der Waals surface area (Å²) >= 11 is 7.89. The Kier molecular flexibility index (Phi) is 4.92. The molecule has 142 valence electrons. The van der Waals surface area contributed by atoms with Gasteiger partial charge in [0.05, 0.1) is 28.6 Å². The summed E-state index contributed by atoms with van der Waals surface area (Å²) in [7, 11) is 3.43. The first-order chi connectivity index (χ1) is 13.0. The molecule has 1 atom stereocenters. The number of methoxy groups -OCH3 is 1. The molecule has 3 aromatic rings. The molecule has 1 amide bonds.